The van der Waals surface area contributed by atoms with E-state index in [9.17, 15) is 4.79 Å². The second-order valence-corrected chi connectivity index (χ2v) is 7.68. The number of nitrogens with zero attached hydrogens (tertiary/aromatic N) is 5. The molecule has 128 valence electrons. The summed E-state index contributed by atoms with van der Waals surface area (Å²) >= 11 is 1.39. The molecule has 1 fully saturated rings. The van der Waals surface area contributed by atoms with Crippen LogP contribution in [-0.4, -0.2) is 49.9 Å². The van der Waals surface area contributed by atoms with E-state index in [-0.39, 0.29) is 5.91 Å². The Balaban J connectivity index is 1.64. The highest BCUT2D eigenvalue weighted by Gasteiger charge is 2.25. The van der Waals surface area contributed by atoms with E-state index in [4.69, 9.17) is 0 Å². The molecule has 1 aromatic carbocycles. The fraction of sp³-hybridized carbons (Fsp3) is 0.529. The van der Waals surface area contributed by atoms with E-state index >= 15 is 0 Å². The molecular weight excluding hydrogens is 322 g/mol. The van der Waals surface area contributed by atoms with Gasteiger partial charge in [0.25, 0.3) is 0 Å². The molecule has 7 heteroatoms. The lowest BCUT2D eigenvalue weighted by Gasteiger charge is -2.34. The summed E-state index contributed by atoms with van der Waals surface area (Å²) < 4.78 is 1.68. The van der Waals surface area contributed by atoms with Crippen molar-refractivity contribution in [3.63, 3.8) is 0 Å². The highest BCUT2D eigenvalue weighted by atomic mass is 32.2. The number of thioether (sulfide) groups is 1. The minimum Gasteiger partial charge on any atom is -0.341 e. The van der Waals surface area contributed by atoms with Crippen LogP contribution in [0.1, 0.15) is 25.8 Å². The van der Waals surface area contributed by atoms with Crippen molar-refractivity contribution in [2.24, 2.45) is 11.8 Å². The first-order chi connectivity index (χ1) is 11.5. The fourth-order valence-corrected chi connectivity index (χ4v) is 3.99. The van der Waals surface area contributed by atoms with Crippen molar-refractivity contribution in [3.05, 3.63) is 29.8 Å². The lowest BCUT2D eigenvalue weighted by atomic mass is 9.92. The summed E-state index contributed by atoms with van der Waals surface area (Å²) in [5.74, 6) is 1.67. The van der Waals surface area contributed by atoms with Crippen molar-refractivity contribution < 1.29 is 4.79 Å². The molecule has 0 radical (unpaired) electrons. The van der Waals surface area contributed by atoms with E-state index < -0.39 is 0 Å². The zero-order valence-corrected chi connectivity index (χ0v) is 15.2. The van der Waals surface area contributed by atoms with Crippen molar-refractivity contribution in [1.29, 1.82) is 0 Å². The van der Waals surface area contributed by atoms with Crippen LogP contribution in [0, 0.1) is 18.8 Å². The second-order valence-electron chi connectivity index (χ2n) is 6.74. The van der Waals surface area contributed by atoms with Crippen LogP contribution < -0.4 is 0 Å². The van der Waals surface area contributed by atoms with Gasteiger partial charge in [-0.15, -0.1) is 5.10 Å². The number of amides is 1. The lowest BCUT2D eigenvalue weighted by Crippen LogP contribution is -2.43. The van der Waals surface area contributed by atoms with Crippen molar-refractivity contribution in [2.75, 3.05) is 18.8 Å². The fourth-order valence-electron chi connectivity index (χ4n) is 3.20. The monoisotopic (exact) mass is 345 g/mol. The first-order valence-corrected chi connectivity index (χ1v) is 9.27. The van der Waals surface area contributed by atoms with E-state index in [1.165, 1.54) is 23.7 Å². The maximum absolute atomic E-state index is 12.5. The minimum atomic E-state index is 0.164. The molecule has 2 atom stereocenters. The Bertz CT molecular complexity index is 689. The van der Waals surface area contributed by atoms with Gasteiger partial charge in [-0.05, 0) is 47.7 Å². The summed E-state index contributed by atoms with van der Waals surface area (Å²) in [7, 11) is 0. The maximum atomic E-state index is 12.5. The molecule has 6 nitrogen and oxygen atoms in total. The molecule has 1 amide bonds. The van der Waals surface area contributed by atoms with E-state index in [0.29, 0.717) is 22.7 Å². The Kier molecular flexibility index (Phi) is 5.18. The Labute approximate surface area is 146 Å². The summed E-state index contributed by atoms with van der Waals surface area (Å²) in [6.07, 6.45) is 1.20. The van der Waals surface area contributed by atoms with Crippen molar-refractivity contribution >= 4 is 17.7 Å². The van der Waals surface area contributed by atoms with E-state index in [1.54, 1.807) is 4.68 Å². The number of carbonyl (C=O) groups is 1. The second kappa shape index (κ2) is 7.34. The number of hydrogen-bond acceptors (Lipinski definition) is 5. The van der Waals surface area contributed by atoms with Gasteiger partial charge in [0, 0.05) is 13.1 Å². The number of aromatic nitrogens is 4. The molecule has 24 heavy (non-hydrogen) atoms. The van der Waals surface area contributed by atoms with Crippen LogP contribution in [0.15, 0.2) is 29.4 Å². The predicted molar refractivity (Wildman–Crippen MR) is 94.1 cm³/mol. The van der Waals surface area contributed by atoms with Crippen LogP contribution >= 0.6 is 11.8 Å². The molecule has 0 spiro atoms. The summed E-state index contributed by atoms with van der Waals surface area (Å²) in [6, 6.07) is 8.00. The van der Waals surface area contributed by atoms with E-state index in [0.717, 1.165) is 18.8 Å². The molecule has 1 aromatic heterocycles. The van der Waals surface area contributed by atoms with Crippen molar-refractivity contribution in [2.45, 2.75) is 32.3 Å². The molecule has 0 saturated carbocycles. The first kappa shape index (κ1) is 17.0. The molecule has 2 heterocycles. The molecule has 1 saturated heterocycles. The van der Waals surface area contributed by atoms with Crippen molar-refractivity contribution in [1.82, 2.24) is 25.1 Å². The summed E-state index contributed by atoms with van der Waals surface area (Å²) in [4.78, 5) is 14.5. The molecule has 0 N–H and O–H groups in total. The normalized spacial score (nSPS) is 21.0. The van der Waals surface area contributed by atoms with Crippen LogP contribution in [-0.2, 0) is 4.79 Å². The number of likely N-dealkylation sites (tertiary alicyclic amines) is 1. The average molecular weight is 345 g/mol. The van der Waals surface area contributed by atoms with Gasteiger partial charge in [-0.1, -0.05) is 43.3 Å². The third-order valence-electron chi connectivity index (χ3n) is 4.27. The minimum absolute atomic E-state index is 0.164. The largest absolute Gasteiger partial charge is 0.341 e. The van der Waals surface area contributed by atoms with Gasteiger partial charge in [-0.3, -0.25) is 4.79 Å². The lowest BCUT2D eigenvalue weighted by molar-refractivity contribution is -0.130. The van der Waals surface area contributed by atoms with Gasteiger partial charge in [0.15, 0.2) is 0 Å². The van der Waals surface area contributed by atoms with E-state index in [1.807, 2.05) is 36.1 Å². The molecule has 1 aliphatic heterocycles. The van der Waals surface area contributed by atoms with Crippen LogP contribution in [0.2, 0.25) is 0 Å². The number of piperidine rings is 1. The number of hydrogen-bond donors (Lipinski definition) is 0. The molecule has 3 rings (SSSR count). The Morgan fingerprint density at radius 2 is 1.88 bits per heavy atom. The van der Waals surface area contributed by atoms with Gasteiger partial charge in [0.2, 0.25) is 11.1 Å². The van der Waals surface area contributed by atoms with Gasteiger partial charge >= 0.3 is 0 Å². The van der Waals surface area contributed by atoms with Gasteiger partial charge in [0.1, 0.15) is 0 Å². The van der Waals surface area contributed by atoms with Gasteiger partial charge < -0.3 is 4.90 Å². The molecule has 2 aromatic rings. The van der Waals surface area contributed by atoms with Crippen LogP contribution in [0.4, 0.5) is 0 Å². The smallest absolute Gasteiger partial charge is 0.233 e. The Hall–Kier alpha value is -1.89. The first-order valence-electron chi connectivity index (χ1n) is 8.29. The molecule has 0 unspecified atom stereocenters. The Morgan fingerprint density at radius 3 is 2.54 bits per heavy atom. The standard InChI is InChI=1S/C17H23N5OS/c1-12-4-6-15(7-5-12)22-17(18-19-20-22)24-11-16(23)21-9-13(2)8-14(3)10-21/h4-7,13-14H,8-11H2,1-3H3/t13-,14-/m1/s1. The maximum Gasteiger partial charge on any atom is 0.233 e. The van der Waals surface area contributed by atoms with Crippen LogP contribution in [0.5, 0.6) is 0 Å². The highest BCUT2D eigenvalue weighted by molar-refractivity contribution is 7.99. The third kappa shape index (κ3) is 3.95. The number of benzene rings is 1. The van der Waals surface area contributed by atoms with Gasteiger partial charge in [-0.2, -0.15) is 4.68 Å². The highest BCUT2D eigenvalue weighted by Crippen LogP contribution is 2.23. The molecule has 0 bridgehead atoms. The van der Waals surface area contributed by atoms with E-state index in [2.05, 4.69) is 29.4 Å². The van der Waals surface area contributed by atoms with Crippen LogP contribution in [0.25, 0.3) is 5.69 Å². The SMILES string of the molecule is Cc1ccc(-n2nnnc2SCC(=O)N2C[C@H](C)C[C@@H](C)C2)cc1. The van der Waals surface area contributed by atoms with Gasteiger partial charge in [0.05, 0.1) is 11.4 Å². The zero-order valence-electron chi connectivity index (χ0n) is 14.3. The molecular formula is C17H23N5OS. The number of carbonyl (C=O) groups excluding carboxylic acids is 1. The number of tetrazole rings is 1. The summed E-state index contributed by atoms with van der Waals surface area (Å²) in [5.41, 5.74) is 2.09. The van der Waals surface area contributed by atoms with Gasteiger partial charge in [-0.25, -0.2) is 0 Å². The average Bonchev–Trinajstić information content (AvgIpc) is 3.01. The summed E-state index contributed by atoms with van der Waals surface area (Å²) in [6.45, 7) is 8.17. The quantitative estimate of drug-likeness (QED) is 0.797. The molecule has 0 aliphatic carbocycles. The number of rotatable bonds is 4. The summed E-state index contributed by atoms with van der Waals surface area (Å²) in [5, 5.41) is 12.5. The zero-order chi connectivity index (χ0) is 17.1. The van der Waals surface area contributed by atoms with Crippen LogP contribution in [0.3, 0.4) is 0 Å². The third-order valence-corrected chi connectivity index (χ3v) is 5.17. The topological polar surface area (TPSA) is 63.9 Å². The predicted octanol–water partition coefficient (Wildman–Crippen LogP) is 2.57. The molecule has 1 aliphatic rings. The Morgan fingerprint density at radius 1 is 1.21 bits per heavy atom. The number of aryl methyl sites for hydroxylation is 1. The van der Waals surface area contributed by atoms with Crippen molar-refractivity contribution in [3.8, 4) is 5.69 Å².